The number of hydrogen-bond acceptors (Lipinski definition) is 6. The Kier molecular flexibility index (Phi) is 7.39. The van der Waals surface area contributed by atoms with Crippen LogP contribution in [0.1, 0.15) is 45.7 Å². The fraction of sp³-hybridized carbons (Fsp3) is 0.440. The molecule has 1 unspecified atom stereocenters. The van der Waals surface area contributed by atoms with Crippen molar-refractivity contribution < 1.29 is 23.9 Å². The van der Waals surface area contributed by atoms with Gasteiger partial charge in [0.15, 0.2) is 11.4 Å². The molecule has 11 heteroatoms. The molecule has 2 aliphatic rings. The number of halogens is 1. The van der Waals surface area contributed by atoms with Crippen LogP contribution < -0.4 is 10.7 Å². The lowest BCUT2D eigenvalue weighted by Gasteiger charge is -2.47. The van der Waals surface area contributed by atoms with Gasteiger partial charge >= 0.3 is 0 Å². The summed E-state index contributed by atoms with van der Waals surface area (Å²) >= 11 is 0. The first-order chi connectivity index (χ1) is 17.2. The number of amides is 3. The molecule has 1 aromatic carbocycles. The van der Waals surface area contributed by atoms with Gasteiger partial charge in [-0.3, -0.25) is 24.1 Å². The van der Waals surface area contributed by atoms with Crippen LogP contribution in [0.5, 0.6) is 5.75 Å². The third kappa shape index (κ3) is 5.11. The van der Waals surface area contributed by atoms with E-state index in [1.165, 1.54) is 35.0 Å². The van der Waals surface area contributed by atoms with E-state index in [0.717, 1.165) is 13.0 Å². The minimum absolute atomic E-state index is 0.0347. The van der Waals surface area contributed by atoms with Gasteiger partial charge in [-0.2, -0.15) is 0 Å². The van der Waals surface area contributed by atoms with Crippen molar-refractivity contribution in [1.29, 1.82) is 0 Å². The number of pyridine rings is 1. The SMILES string of the molecule is CN(C)C(=O)CCCN1CCCN2C(=O)c3c(O)c(=O)c(C(=O)NCc4ccc(F)cc4)cn3CC12. The van der Waals surface area contributed by atoms with Gasteiger partial charge in [-0.1, -0.05) is 12.1 Å². The average molecular weight is 500 g/mol. The molecule has 0 radical (unpaired) electrons. The second-order valence-corrected chi connectivity index (χ2v) is 9.29. The molecule has 2 aromatic rings. The van der Waals surface area contributed by atoms with E-state index < -0.39 is 28.8 Å². The highest BCUT2D eigenvalue weighted by Gasteiger charge is 2.40. The highest BCUT2D eigenvalue weighted by atomic mass is 19.1. The maximum absolute atomic E-state index is 13.2. The highest BCUT2D eigenvalue weighted by Crippen LogP contribution is 2.28. The van der Waals surface area contributed by atoms with E-state index in [1.807, 2.05) is 0 Å². The Balaban J connectivity index is 1.53. The number of hydrogen-bond donors (Lipinski definition) is 2. The van der Waals surface area contributed by atoms with Crippen molar-refractivity contribution in [3.63, 3.8) is 0 Å². The minimum atomic E-state index is -0.916. The third-order valence-electron chi connectivity index (χ3n) is 6.65. The fourth-order valence-electron chi connectivity index (χ4n) is 4.68. The van der Waals surface area contributed by atoms with Gasteiger partial charge in [-0.05, 0) is 30.5 Å². The molecule has 1 aromatic heterocycles. The van der Waals surface area contributed by atoms with Crippen molar-refractivity contribution >= 4 is 17.7 Å². The molecule has 4 rings (SSSR count). The number of aromatic nitrogens is 1. The summed E-state index contributed by atoms with van der Waals surface area (Å²) in [5.41, 5.74) is -0.682. The molecule has 192 valence electrons. The van der Waals surface area contributed by atoms with Crippen LogP contribution in [0.3, 0.4) is 0 Å². The standard InChI is InChI=1S/C25H30FN5O5/c1-28(2)20(32)5-3-10-29-11-4-12-31-19(29)15-30-14-18(22(33)23(34)21(30)25(31)36)24(35)27-13-16-6-8-17(26)9-7-16/h6-9,14,19,34H,3-5,10-13,15H2,1-2H3,(H,27,35). The summed E-state index contributed by atoms with van der Waals surface area (Å²) in [6.07, 6.45) is 2.76. The number of fused-ring (bicyclic) bond motifs is 2. The monoisotopic (exact) mass is 499 g/mol. The number of aromatic hydroxyl groups is 1. The molecule has 0 aliphatic carbocycles. The molecule has 1 fully saturated rings. The fourth-order valence-corrected chi connectivity index (χ4v) is 4.68. The van der Waals surface area contributed by atoms with Crippen molar-refractivity contribution in [2.45, 2.75) is 38.5 Å². The largest absolute Gasteiger partial charge is 0.503 e. The average Bonchev–Trinajstić information content (AvgIpc) is 2.85. The number of nitrogens with one attached hydrogen (secondary N) is 1. The van der Waals surface area contributed by atoms with Gasteiger partial charge in [0.05, 0.1) is 6.54 Å². The van der Waals surface area contributed by atoms with Crippen molar-refractivity contribution in [3.05, 3.63) is 63.3 Å². The lowest BCUT2D eigenvalue weighted by atomic mass is 10.1. The minimum Gasteiger partial charge on any atom is -0.503 e. The van der Waals surface area contributed by atoms with E-state index >= 15 is 0 Å². The van der Waals surface area contributed by atoms with Gasteiger partial charge < -0.3 is 24.8 Å². The van der Waals surface area contributed by atoms with Gasteiger partial charge in [0.25, 0.3) is 11.8 Å². The second kappa shape index (κ2) is 10.5. The smallest absolute Gasteiger partial charge is 0.275 e. The molecule has 10 nitrogen and oxygen atoms in total. The molecule has 1 atom stereocenters. The maximum atomic E-state index is 13.2. The maximum Gasteiger partial charge on any atom is 0.275 e. The normalized spacial score (nSPS) is 17.4. The number of carbonyl (C=O) groups excluding carboxylic acids is 3. The Morgan fingerprint density at radius 2 is 1.89 bits per heavy atom. The summed E-state index contributed by atoms with van der Waals surface area (Å²) in [6.45, 7) is 2.19. The first-order valence-corrected chi connectivity index (χ1v) is 11.9. The Hall–Kier alpha value is -3.73. The number of rotatable bonds is 7. The van der Waals surface area contributed by atoms with Crippen molar-refractivity contribution in [2.75, 3.05) is 33.7 Å². The van der Waals surface area contributed by atoms with Gasteiger partial charge in [0.1, 0.15) is 17.5 Å². The van der Waals surface area contributed by atoms with Gasteiger partial charge in [0, 0.05) is 52.9 Å². The Morgan fingerprint density at radius 1 is 1.17 bits per heavy atom. The summed E-state index contributed by atoms with van der Waals surface area (Å²) in [4.78, 5) is 56.1. The van der Waals surface area contributed by atoms with Gasteiger partial charge in [-0.15, -0.1) is 0 Å². The van der Waals surface area contributed by atoms with Crippen LogP contribution in [-0.2, 0) is 17.9 Å². The zero-order chi connectivity index (χ0) is 26.0. The van der Waals surface area contributed by atoms with Crippen LogP contribution in [0.15, 0.2) is 35.3 Å². The lowest BCUT2D eigenvalue weighted by Crippen LogP contribution is -2.61. The molecule has 0 saturated carbocycles. The predicted octanol–water partition coefficient (Wildman–Crippen LogP) is 0.979. The Labute approximate surface area is 207 Å². The van der Waals surface area contributed by atoms with Crippen LogP contribution in [0.2, 0.25) is 0 Å². The Bertz CT molecular complexity index is 1230. The van der Waals surface area contributed by atoms with Gasteiger partial charge in [0.2, 0.25) is 11.3 Å². The van der Waals surface area contributed by atoms with E-state index in [1.54, 1.807) is 23.9 Å². The van der Waals surface area contributed by atoms with E-state index in [0.29, 0.717) is 31.5 Å². The molecular formula is C25H30FN5O5. The molecule has 3 heterocycles. The molecule has 36 heavy (non-hydrogen) atoms. The summed E-state index contributed by atoms with van der Waals surface area (Å²) < 4.78 is 14.6. The zero-order valence-corrected chi connectivity index (χ0v) is 20.4. The van der Waals surface area contributed by atoms with E-state index in [2.05, 4.69) is 10.2 Å². The van der Waals surface area contributed by atoms with Crippen LogP contribution in [0, 0.1) is 5.82 Å². The first-order valence-electron chi connectivity index (χ1n) is 11.9. The van der Waals surface area contributed by atoms with Crippen molar-refractivity contribution in [1.82, 2.24) is 24.6 Å². The van der Waals surface area contributed by atoms with E-state index in [9.17, 15) is 28.7 Å². The lowest BCUT2D eigenvalue weighted by molar-refractivity contribution is -0.129. The van der Waals surface area contributed by atoms with Crippen molar-refractivity contribution in [3.8, 4) is 5.75 Å². The quantitative estimate of drug-likeness (QED) is 0.587. The summed E-state index contributed by atoms with van der Waals surface area (Å²) in [7, 11) is 3.42. The summed E-state index contributed by atoms with van der Waals surface area (Å²) in [5.74, 6) is -2.28. The molecule has 3 amide bonds. The highest BCUT2D eigenvalue weighted by molar-refractivity contribution is 5.99. The zero-order valence-electron chi connectivity index (χ0n) is 20.4. The summed E-state index contributed by atoms with van der Waals surface area (Å²) in [6, 6.07) is 5.57. The number of nitrogens with zero attached hydrogens (tertiary/aromatic N) is 4. The summed E-state index contributed by atoms with van der Waals surface area (Å²) in [5, 5.41) is 13.2. The molecule has 0 spiro atoms. The van der Waals surface area contributed by atoms with Crippen LogP contribution in [0.4, 0.5) is 4.39 Å². The molecule has 0 bridgehead atoms. The molecular weight excluding hydrogens is 469 g/mol. The third-order valence-corrected chi connectivity index (χ3v) is 6.65. The predicted molar refractivity (Wildman–Crippen MR) is 129 cm³/mol. The van der Waals surface area contributed by atoms with E-state index in [4.69, 9.17) is 0 Å². The van der Waals surface area contributed by atoms with Crippen molar-refractivity contribution in [2.24, 2.45) is 0 Å². The van der Waals surface area contributed by atoms with Gasteiger partial charge in [-0.25, -0.2) is 4.39 Å². The van der Waals surface area contributed by atoms with Crippen LogP contribution in [-0.4, -0.2) is 82.0 Å². The van der Waals surface area contributed by atoms with Crippen LogP contribution in [0.25, 0.3) is 0 Å². The molecule has 1 saturated heterocycles. The van der Waals surface area contributed by atoms with E-state index in [-0.39, 0.29) is 36.4 Å². The molecule has 2 aliphatic heterocycles. The van der Waals surface area contributed by atoms with Crippen LogP contribution >= 0.6 is 0 Å². The second-order valence-electron chi connectivity index (χ2n) is 9.29. The Morgan fingerprint density at radius 3 is 2.58 bits per heavy atom. The topological polar surface area (TPSA) is 115 Å². The molecule has 2 N–H and O–H groups in total. The number of benzene rings is 1. The first kappa shape index (κ1) is 25.4. The number of carbonyl (C=O) groups is 3.